The highest BCUT2D eigenvalue weighted by Crippen LogP contribution is 2.25. The number of non-ortho nitro benzene ring substituents is 1. The van der Waals surface area contributed by atoms with E-state index >= 15 is 0 Å². The number of nitrogens with zero attached hydrogens (tertiary/aromatic N) is 2. The predicted octanol–water partition coefficient (Wildman–Crippen LogP) is 3.98. The van der Waals surface area contributed by atoms with Crippen LogP contribution in [0.5, 0.6) is 0 Å². The highest BCUT2D eigenvalue weighted by Gasteiger charge is 2.11. The monoisotopic (exact) mass is 349 g/mol. The molecule has 0 spiro atoms. The summed E-state index contributed by atoms with van der Waals surface area (Å²) in [6, 6.07) is 10.5. The summed E-state index contributed by atoms with van der Waals surface area (Å²) in [5, 5.41) is 22.5. The van der Waals surface area contributed by atoms with Crippen molar-refractivity contribution >= 4 is 27.3 Å². The fourth-order valence-electron chi connectivity index (χ4n) is 1.77. The van der Waals surface area contributed by atoms with Crippen molar-refractivity contribution in [3.05, 3.63) is 67.9 Å². The molecule has 106 valence electrons. The van der Waals surface area contributed by atoms with Crippen LogP contribution in [0.25, 0.3) is 0 Å². The standard InChI is InChI=1S/C14H9BrFN3O2/c15-12-6-10(19(20)21)5-4-9(12)8-18-14-3-1-2-13(16)11(14)7-17/h1-6,18H,8H2. The van der Waals surface area contributed by atoms with Crippen LogP contribution in [0.3, 0.4) is 0 Å². The summed E-state index contributed by atoms with van der Waals surface area (Å²) in [7, 11) is 0. The summed E-state index contributed by atoms with van der Waals surface area (Å²) >= 11 is 3.26. The van der Waals surface area contributed by atoms with Crippen molar-refractivity contribution in [2.45, 2.75) is 6.54 Å². The number of nitrogens with one attached hydrogen (secondary N) is 1. The Morgan fingerprint density at radius 1 is 1.38 bits per heavy atom. The Morgan fingerprint density at radius 3 is 2.76 bits per heavy atom. The van der Waals surface area contributed by atoms with Crippen molar-refractivity contribution in [1.29, 1.82) is 5.26 Å². The molecule has 0 bridgehead atoms. The van der Waals surface area contributed by atoms with E-state index in [1.54, 1.807) is 18.2 Å². The van der Waals surface area contributed by atoms with E-state index < -0.39 is 10.7 Å². The first-order chi connectivity index (χ1) is 10.0. The van der Waals surface area contributed by atoms with Gasteiger partial charge in [0, 0.05) is 23.2 Å². The number of anilines is 1. The molecule has 0 aliphatic carbocycles. The lowest BCUT2D eigenvalue weighted by Gasteiger charge is -2.10. The van der Waals surface area contributed by atoms with Gasteiger partial charge in [-0.2, -0.15) is 5.26 Å². The summed E-state index contributed by atoms with van der Waals surface area (Å²) in [6.07, 6.45) is 0. The lowest BCUT2D eigenvalue weighted by atomic mass is 10.1. The van der Waals surface area contributed by atoms with Crippen molar-refractivity contribution in [1.82, 2.24) is 0 Å². The molecule has 5 nitrogen and oxygen atoms in total. The minimum absolute atomic E-state index is 0.0194. The van der Waals surface area contributed by atoms with E-state index in [-0.39, 0.29) is 11.3 Å². The van der Waals surface area contributed by atoms with Crippen LogP contribution in [0.4, 0.5) is 15.8 Å². The summed E-state index contributed by atoms with van der Waals surface area (Å²) in [5.41, 5.74) is 1.06. The van der Waals surface area contributed by atoms with Crippen LogP contribution in [0.1, 0.15) is 11.1 Å². The first-order valence-corrected chi connectivity index (χ1v) is 6.67. The van der Waals surface area contributed by atoms with Crippen LogP contribution >= 0.6 is 15.9 Å². The summed E-state index contributed by atoms with van der Waals surface area (Å²) in [4.78, 5) is 10.2. The zero-order valence-corrected chi connectivity index (χ0v) is 12.2. The molecule has 7 heteroatoms. The molecule has 0 radical (unpaired) electrons. The van der Waals surface area contributed by atoms with Gasteiger partial charge in [0.05, 0.1) is 10.6 Å². The van der Waals surface area contributed by atoms with Gasteiger partial charge >= 0.3 is 0 Å². The molecule has 2 aromatic carbocycles. The third-order valence-electron chi connectivity index (χ3n) is 2.84. The van der Waals surface area contributed by atoms with E-state index in [4.69, 9.17) is 5.26 Å². The lowest BCUT2D eigenvalue weighted by Crippen LogP contribution is -2.03. The van der Waals surface area contributed by atoms with Crippen molar-refractivity contribution in [3.8, 4) is 6.07 Å². The van der Waals surface area contributed by atoms with Gasteiger partial charge in [-0.05, 0) is 23.8 Å². The molecule has 2 rings (SSSR count). The summed E-state index contributed by atoms with van der Waals surface area (Å²) in [6.45, 7) is 0.302. The van der Waals surface area contributed by atoms with Gasteiger partial charge in [0.2, 0.25) is 0 Å². The van der Waals surface area contributed by atoms with Gasteiger partial charge < -0.3 is 5.32 Å². The Kier molecular flexibility index (Phi) is 4.50. The number of nitro benzene ring substituents is 1. The number of rotatable bonds is 4. The molecule has 0 unspecified atom stereocenters. The van der Waals surface area contributed by atoms with Gasteiger partial charge in [0.1, 0.15) is 17.4 Å². The van der Waals surface area contributed by atoms with E-state index in [9.17, 15) is 14.5 Å². The Hall–Kier alpha value is -2.46. The van der Waals surface area contributed by atoms with Crippen LogP contribution in [-0.4, -0.2) is 4.92 Å². The van der Waals surface area contributed by atoms with E-state index in [2.05, 4.69) is 21.2 Å². The van der Waals surface area contributed by atoms with Crippen molar-refractivity contribution < 1.29 is 9.31 Å². The highest BCUT2D eigenvalue weighted by atomic mass is 79.9. The molecule has 0 aromatic heterocycles. The zero-order chi connectivity index (χ0) is 15.4. The molecule has 21 heavy (non-hydrogen) atoms. The molecular formula is C14H9BrFN3O2. The number of nitro groups is 1. The second-order valence-corrected chi connectivity index (χ2v) is 5.01. The van der Waals surface area contributed by atoms with Gasteiger partial charge in [0.15, 0.2) is 0 Å². The minimum Gasteiger partial charge on any atom is -0.380 e. The molecule has 1 N–H and O–H groups in total. The molecule has 0 amide bonds. The molecule has 0 atom stereocenters. The first kappa shape index (κ1) is 14.9. The van der Waals surface area contributed by atoms with Gasteiger partial charge in [-0.15, -0.1) is 0 Å². The SMILES string of the molecule is N#Cc1c(F)cccc1NCc1ccc([N+](=O)[O-])cc1Br. The zero-order valence-electron chi connectivity index (χ0n) is 10.6. The Balaban J connectivity index is 2.20. The Bertz CT molecular complexity index is 743. The van der Waals surface area contributed by atoms with Crippen LogP contribution in [0, 0.1) is 27.3 Å². The molecule has 0 aliphatic heterocycles. The average Bonchev–Trinajstić information content (AvgIpc) is 2.45. The minimum atomic E-state index is -0.592. The van der Waals surface area contributed by atoms with Crippen LogP contribution in [-0.2, 0) is 6.54 Å². The average molecular weight is 350 g/mol. The van der Waals surface area contributed by atoms with E-state index in [0.717, 1.165) is 5.56 Å². The maximum Gasteiger partial charge on any atom is 0.270 e. The fourth-order valence-corrected chi connectivity index (χ4v) is 2.28. The van der Waals surface area contributed by atoms with Crippen LogP contribution < -0.4 is 5.32 Å². The van der Waals surface area contributed by atoms with Gasteiger partial charge in [0.25, 0.3) is 5.69 Å². The van der Waals surface area contributed by atoms with E-state index in [0.29, 0.717) is 16.7 Å². The third-order valence-corrected chi connectivity index (χ3v) is 3.58. The Labute approximate surface area is 128 Å². The topological polar surface area (TPSA) is 79.0 Å². The molecular weight excluding hydrogens is 341 g/mol. The van der Waals surface area contributed by atoms with Gasteiger partial charge in [-0.1, -0.05) is 22.0 Å². The number of halogens is 2. The number of hydrogen-bond donors (Lipinski definition) is 1. The fraction of sp³-hybridized carbons (Fsp3) is 0.0714. The normalized spacial score (nSPS) is 9.95. The Morgan fingerprint density at radius 2 is 2.14 bits per heavy atom. The molecule has 0 aliphatic rings. The number of nitriles is 1. The number of benzene rings is 2. The summed E-state index contributed by atoms with van der Waals surface area (Å²) in [5.74, 6) is -0.592. The van der Waals surface area contributed by atoms with E-state index in [1.165, 1.54) is 24.3 Å². The van der Waals surface area contributed by atoms with Crippen molar-refractivity contribution in [2.75, 3.05) is 5.32 Å². The highest BCUT2D eigenvalue weighted by molar-refractivity contribution is 9.10. The maximum absolute atomic E-state index is 13.5. The molecule has 0 heterocycles. The first-order valence-electron chi connectivity index (χ1n) is 5.88. The second kappa shape index (κ2) is 6.33. The molecule has 0 saturated heterocycles. The molecule has 0 fully saturated rings. The third kappa shape index (κ3) is 3.35. The molecule has 2 aromatic rings. The van der Waals surface area contributed by atoms with Gasteiger partial charge in [-0.3, -0.25) is 10.1 Å². The smallest absolute Gasteiger partial charge is 0.270 e. The lowest BCUT2D eigenvalue weighted by molar-refractivity contribution is -0.384. The van der Waals surface area contributed by atoms with E-state index in [1.807, 2.05) is 0 Å². The number of hydrogen-bond acceptors (Lipinski definition) is 4. The maximum atomic E-state index is 13.5. The van der Waals surface area contributed by atoms with Crippen molar-refractivity contribution in [3.63, 3.8) is 0 Å². The molecule has 0 saturated carbocycles. The van der Waals surface area contributed by atoms with Crippen molar-refractivity contribution in [2.24, 2.45) is 0 Å². The van der Waals surface area contributed by atoms with Crippen LogP contribution in [0.2, 0.25) is 0 Å². The van der Waals surface area contributed by atoms with Gasteiger partial charge in [-0.25, -0.2) is 4.39 Å². The van der Waals surface area contributed by atoms with Crippen LogP contribution in [0.15, 0.2) is 40.9 Å². The second-order valence-electron chi connectivity index (χ2n) is 4.16. The quantitative estimate of drug-likeness (QED) is 0.668. The largest absolute Gasteiger partial charge is 0.380 e. The summed E-state index contributed by atoms with van der Waals surface area (Å²) < 4.78 is 14.0. The predicted molar refractivity (Wildman–Crippen MR) is 79.2 cm³/mol.